The van der Waals surface area contributed by atoms with Gasteiger partial charge in [-0.05, 0) is 76.9 Å². The lowest BCUT2D eigenvalue weighted by Crippen LogP contribution is -2.58. The lowest BCUT2D eigenvalue weighted by Gasteiger charge is -2.24. The summed E-state index contributed by atoms with van der Waals surface area (Å²) in [4.78, 5) is 51.8. The van der Waals surface area contributed by atoms with Crippen molar-refractivity contribution in [1.29, 1.82) is 5.26 Å². The number of aliphatic hydroxyl groups excluding tert-OH is 1. The molecule has 4 amide bonds. The number of aryl methyl sites for hydroxylation is 2. The van der Waals surface area contributed by atoms with Crippen molar-refractivity contribution in [3.63, 3.8) is 0 Å². The highest BCUT2D eigenvalue weighted by Crippen LogP contribution is 2.17. The molecule has 254 valence electrons. The van der Waals surface area contributed by atoms with E-state index in [2.05, 4.69) is 26.4 Å². The number of rotatable bonds is 13. The number of nitrogens with zero attached hydrogens (tertiary/aromatic N) is 2. The van der Waals surface area contributed by atoms with Crippen molar-refractivity contribution in [2.45, 2.75) is 71.8 Å². The van der Waals surface area contributed by atoms with Gasteiger partial charge in [-0.25, -0.2) is 4.39 Å². The Labute approximate surface area is 277 Å². The number of benzene rings is 2. The maximum Gasteiger partial charge on any atom is 0.274 e. The number of nitriles is 1. The second-order valence-electron chi connectivity index (χ2n) is 12.1. The Kier molecular flexibility index (Phi) is 12.6. The number of halogens is 1. The molecule has 0 aliphatic heterocycles. The Balaban J connectivity index is 1.81. The van der Waals surface area contributed by atoms with Crippen LogP contribution in [0.25, 0.3) is 6.08 Å². The zero-order valence-corrected chi connectivity index (χ0v) is 27.5. The van der Waals surface area contributed by atoms with Crippen molar-refractivity contribution >= 4 is 29.7 Å². The van der Waals surface area contributed by atoms with Crippen LogP contribution in [0.4, 0.5) is 4.39 Å². The highest BCUT2D eigenvalue weighted by atomic mass is 19.1. The fourth-order valence-electron chi connectivity index (χ4n) is 4.24. The van der Waals surface area contributed by atoms with Crippen molar-refractivity contribution in [2.24, 2.45) is 0 Å². The van der Waals surface area contributed by atoms with Crippen LogP contribution >= 0.6 is 0 Å². The van der Waals surface area contributed by atoms with Crippen LogP contribution in [0, 0.1) is 31.0 Å². The van der Waals surface area contributed by atoms with E-state index in [9.17, 15) is 33.9 Å². The molecule has 1 aromatic heterocycles. The number of carbonyl (C=O) groups excluding carboxylic acids is 4. The van der Waals surface area contributed by atoms with Crippen molar-refractivity contribution in [3.05, 3.63) is 88.1 Å². The van der Waals surface area contributed by atoms with E-state index in [4.69, 9.17) is 9.26 Å². The Hall–Kier alpha value is -5.55. The molecule has 0 spiro atoms. The molecule has 0 bridgehead atoms. The standard InChI is InChI=1S/C34H39FN6O7/c1-19-10-11-23(26(35)12-19)17-37-31(44)28(38-33(46)29(21(3)42)39-32(45)27-13-20(2)48-41-27)18-47-25-9-7-8-22(15-25)14-24(16-36)30(43)40-34(4,5)6/h7-15,21,28-29,42H,17-18H2,1-6H3,(H,37,44)(H,38,46)(H,39,45)(H,40,43)/t21-,28+,29+/m1/s1. The monoisotopic (exact) mass is 662 g/mol. The molecule has 0 saturated heterocycles. The molecule has 2 aromatic carbocycles. The van der Waals surface area contributed by atoms with E-state index in [0.717, 1.165) is 0 Å². The van der Waals surface area contributed by atoms with Crippen molar-refractivity contribution < 1.29 is 37.9 Å². The topological polar surface area (TPSA) is 196 Å². The van der Waals surface area contributed by atoms with Gasteiger partial charge in [0.05, 0.1) is 6.10 Å². The molecule has 0 saturated carbocycles. The average molecular weight is 663 g/mol. The van der Waals surface area contributed by atoms with Gasteiger partial charge in [-0.2, -0.15) is 5.26 Å². The number of hydrogen-bond donors (Lipinski definition) is 5. The highest BCUT2D eigenvalue weighted by Gasteiger charge is 2.31. The first kappa shape index (κ1) is 36.9. The third-order valence-corrected chi connectivity index (χ3v) is 6.65. The van der Waals surface area contributed by atoms with Crippen molar-refractivity contribution in [2.75, 3.05) is 6.61 Å². The van der Waals surface area contributed by atoms with E-state index in [1.54, 1.807) is 58.9 Å². The number of carbonyl (C=O) groups is 4. The largest absolute Gasteiger partial charge is 0.491 e. The SMILES string of the molecule is Cc1ccc(CNC(=O)[C@H](COc2cccc(C=C(C#N)C(=O)NC(C)(C)C)c2)NC(=O)[C@@H](NC(=O)c2cc(C)on2)[C@@H](C)O)c(F)c1. The van der Waals surface area contributed by atoms with Gasteiger partial charge in [-0.15, -0.1) is 0 Å². The highest BCUT2D eigenvalue weighted by molar-refractivity contribution is 6.02. The van der Waals surface area contributed by atoms with Gasteiger partial charge < -0.3 is 35.6 Å². The minimum Gasteiger partial charge on any atom is -0.491 e. The molecule has 0 aliphatic rings. The molecule has 13 nitrogen and oxygen atoms in total. The predicted molar refractivity (Wildman–Crippen MR) is 173 cm³/mol. The molecule has 5 N–H and O–H groups in total. The van der Waals surface area contributed by atoms with Gasteiger partial charge in [0.15, 0.2) is 5.69 Å². The van der Waals surface area contributed by atoms with Gasteiger partial charge >= 0.3 is 0 Å². The molecule has 3 atom stereocenters. The number of amides is 4. The van der Waals surface area contributed by atoms with Crippen LogP contribution in [0.3, 0.4) is 0 Å². The molecule has 3 aromatic rings. The summed E-state index contributed by atoms with van der Waals surface area (Å²) in [6, 6.07) is 11.2. The van der Waals surface area contributed by atoms with Crippen molar-refractivity contribution in [1.82, 2.24) is 26.4 Å². The first-order valence-electron chi connectivity index (χ1n) is 15.0. The van der Waals surface area contributed by atoms with E-state index in [-0.39, 0.29) is 29.1 Å². The molecule has 14 heteroatoms. The molecule has 3 rings (SSSR count). The first-order chi connectivity index (χ1) is 22.6. The molecule has 0 aliphatic carbocycles. The second-order valence-corrected chi connectivity index (χ2v) is 12.1. The van der Waals surface area contributed by atoms with E-state index in [0.29, 0.717) is 16.9 Å². The summed E-state index contributed by atoms with van der Waals surface area (Å²) in [5.41, 5.74) is 0.540. The summed E-state index contributed by atoms with van der Waals surface area (Å²) in [5.74, 6) is -2.94. The van der Waals surface area contributed by atoms with Gasteiger partial charge in [0.1, 0.15) is 47.7 Å². The minimum absolute atomic E-state index is 0.118. The molecule has 48 heavy (non-hydrogen) atoms. The maximum absolute atomic E-state index is 14.4. The lowest BCUT2D eigenvalue weighted by atomic mass is 10.1. The fraction of sp³-hybridized carbons (Fsp3) is 0.353. The Bertz CT molecular complexity index is 1720. The number of hydrogen-bond acceptors (Lipinski definition) is 9. The molecule has 1 heterocycles. The third-order valence-electron chi connectivity index (χ3n) is 6.65. The molecular formula is C34H39FN6O7. The quantitative estimate of drug-likeness (QED) is 0.135. The zero-order valence-electron chi connectivity index (χ0n) is 27.5. The first-order valence-corrected chi connectivity index (χ1v) is 15.0. The molecule has 0 unspecified atom stereocenters. The Morgan fingerprint density at radius 1 is 1.08 bits per heavy atom. The summed E-state index contributed by atoms with van der Waals surface area (Å²) in [6.45, 7) is 9.30. The van der Waals surface area contributed by atoms with Gasteiger partial charge in [0.2, 0.25) is 11.8 Å². The van der Waals surface area contributed by atoms with Crippen LogP contribution in [0.5, 0.6) is 5.75 Å². The third kappa shape index (κ3) is 11.1. The van der Waals surface area contributed by atoms with Gasteiger partial charge in [0.25, 0.3) is 11.8 Å². The minimum atomic E-state index is -1.50. The number of nitrogens with one attached hydrogen (secondary N) is 4. The normalized spacial score (nSPS) is 13.4. The molecule has 0 radical (unpaired) electrons. The fourth-order valence-corrected chi connectivity index (χ4v) is 4.24. The van der Waals surface area contributed by atoms with Crippen LogP contribution in [-0.2, 0) is 20.9 Å². The second kappa shape index (κ2) is 16.3. The number of aliphatic hydroxyl groups is 1. The zero-order chi connectivity index (χ0) is 35.6. The summed E-state index contributed by atoms with van der Waals surface area (Å²) in [6.07, 6.45) is -0.0102. The summed E-state index contributed by atoms with van der Waals surface area (Å²) >= 11 is 0. The van der Waals surface area contributed by atoms with Gasteiger partial charge in [-0.1, -0.05) is 29.4 Å². The smallest absolute Gasteiger partial charge is 0.274 e. The van der Waals surface area contributed by atoms with E-state index < -0.39 is 59.8 Å². The van der Waals surface area contributed by atoms with Crippen LogP contribution < -0.4 is 26.0 Å². The van der Waals surface area contributed by atoms with E-state index in [1.807, 2.05) is 6.07 Å². The van der Waals surface area contributed by atoms with Crippen LogP contribution in [-0.4, -0.2) is 64.2 Å². The molecule has 0 fully saturated rings. The van der Waals surface area contributed by atoms with Gasteiger partial charge in [0, 0.05) is 23.7 Å². The van der Waals surface area contributed by atoms with Gasteiger partial charge in [-0.3, -0.25) is 19.2 Å². The lowest BCUT2D eigenvalue weighted by molar-refractivity contribution is -0.132. The van der Waals surface area contributed by atoms with E-state index >= 15 is 0 Å². The summed E-state index contributed by atoms with van der Waals surface area (Å²) in [5, 5.41) is 33.6. The Morgan fingerprint density at radius 2 is 1.81 bits per heavy atom. The summed E-state index contributed by atoms with van der Waals surface area (Å²) in [7, 11) is 0. The Morgan fingerprint density at radius 3 is 2.42 bits per heavy atom. The van der Waals surface area contributed by atoms with E-state index in [1.165, 1.54) is 37.3 Å². The predicted octanol–water partition coefficient (Wildman–Crippen LogP) is 2.61. The number of ether oxygens (including phenoxy) is 1. The van der Waals surface area contributed by atoms with Crippen molar-refractivity contribution in [3.8, 4) is 11.8 Å². The van der Waals surface area contributed by atoms with Crippen LogP contribution in [0.2, 0.25) is 0 Å². The maximum atomic E-state index is 14.4. The summed E-state index contributed by atoms with van der Waals surface area (Å²) < 4.78 is 25.2. The van der Waals surface area contributed by atoms with Crippen LogP contribution in [0.1, 0.15) is 60.6 Å². The van der Waals surface area contributed by atoms with Crippen LogP contribution in [0.15, 0.2) is 58.6 Å². The molecular weight excluding hydrogens is 623 g/mol. The number of aromatic nitrogens is 1. The average Bonchev–Trinajstić information content (AvgIpc) is 3.45.